The molecule has 0 fully saturated rings. The minimum Gasteiger partial charge on any atom is -0.490 e. The zero-order valence-corrected chi connectivity index (χ0v) is 11.0. The maximum atomic E-state index is 9.41. The largest absolute Gasteiger partial charge is 0.490 e. The molecule has 0 aliphatic heterocycles. The van der Waals surface area contributed by atoms with Crippen molar-refractivity contribution in [2.75, 3.05) is 20.3 Å². The van der Waals surface area contributed by atoms with Crippen molar-refractivity contribution in [3.05, 3.63) is 27.3 Å². The minimum atomic E-state index is -0.661. The van der Waals surface area contributed by atoms with Crippen LogP contribution in [0.3, 0.4) is 0 Å². The number of nitrogens with zero attached hydrogens (tertiary/aromatic N) is 1. The van der Waals surface area contributed by atoms with Crippen LogP contribution in [0.15, 0.2) is 18.2 Å². The molecule has 0 saturated carbocycles. The predicted molar refractivity (Wildman–Crippen MR) is 67.3 cm³/mol. The topological polar surface area (TPSA) is 62.5 Å². The van der Waals surface area contributed by atoms with Crippen LogP contribution in [0.2, 0.25) is 0 Å². The summed E-state index contributed by atoms with van der Waals surface area (Å²) in [6.07, 6.45) is -0.661. The second kappa shape index (κ2) is 6.68. The number of aliphatic hydroxyl groups excluding tert-OH is 1. The highest BCUT2D eigenvalue weighted by Gasteiger charge is 2.07. The maximum absolute atomic E-state index is 9.41. The molecule has 5 heteroatoms. The van der Waals surface area contributed by atoms with E-state index in [1.807, 2.05) is 6.07 Å². The van der Waals surface area contributed by atoms with Crippen LogP contribution in [0.4, 0.5) is 0 Å². The van der Waals surface area contributed by atoms with Crippen molar-refractivity contribution >= 4 is 22.6 Å². The van der Waals surface area contributed by atoms with Gasteiger partial charge < -0.3 is 14.6 Å². The van der Waals surface area contributed by atoms with E-state index in [1.54, 1.807) is 18.2 Å². The van der Waals surface area contributed by atoms with Crippen LogP contribution in [0.25, 0.3) is 0 Å². The van der Waals surface area contributed by atoms with E-state index in [0.29, 0.717) is 11.3 Å². The Morgan fingerprint density at radius 3 is 2.88 bits per heavy atom. The van der Waals surface area contributed by atoms with Gasteiger partial charge in [-0.05, 0) is 40.8 Å². The average molecular weight is 333 g/mol. The van der Waals surface area contributed by atoms with E-state index in [4.69, 9.17) is 14.7 Å². The van der Waals surface area contributed by atoms with Gasteiger partial charge in [0.15, 0.2) is 0 Å². The normalized spacial score (nSPS) is 11.9. The fraction of sp³-hybridized carbons (Fsp3) is 0.364. The monoisotopic (exact) mass is 333 g/mol. The Morgan fingerprint density at radius 2 is 2.25 bits per heavy atom. The number of ether oxygens (including phenoxy) is 2. The van der Waals surface area contributed by atoms with Gasteiger partial charge in [-0.1, -0.05) is 0 Å². The molecule has 0 unspecified atom stereocenters. The van der Waals surface area contributed by atoms with Gasteiger partial charge in [0.25, 0.3) is 0 Å². The van der Waals surface area contributed by atoms with E-state index >= 15 is 0 Å². The molecule has 1 aromatic carbocycles. The van der Waals surface area contributed by atoms with Gasteiger partial charge in [0, 0.05) is 7.11 Å². The van der Waals surface area contributed by atoms with Crippen molar-refractivity contribution in [1.29, 1.82) is 5.26 Å². The Hall–Kier alpha value is -0.840. The van der Waals surface area contributed by atoms with Gasteiger partial charge >= 0.3 is 0 Å². The molecule has 0 heterocycles. The zero-order chi connectivity index (χ0) is 12.0. The summed E-state index contributed by atoms with van der Waals surface area (Å²) in [4.78, 5) is 0. The van der Waals surface area contributed by atoms with Crippen LogP contribution in [-0.2, 0) is 4.74 Å². The lowest BCUT2D eigenvalue weighted by Gasteiger charge is -2.12. The van der Waals surface area contributed by atoms with Crippen molar-refractivity contribution in [3.8, 4) is 11.8 Å². The summed E-state index contributed by atoms with van der Waals surface area (Å²) < 4.78 is 11.1. The highest BCUT2D eigenvalue weighted by atomic mass is 127. The van der Waals surface area contributed by atoms with E-state index in [1.165, 1.54) is 7.11 Å². The van der Waals surface area contributed by atoms with E-state index in [-0.39, 0.29) is 13.2 Å². The molecule has 1 rings (SSSR count). The van der Waals surface area contributed by atoms with Crippen LogP contribution in [0.5, 0.6) is 5.75 Å². The fourth-order valence-electron chi connectivity index (χ4n) is 1.11. The van der Waals surface area contributed by atoms with Crippen molar-refractivity contribution in [2.24, 2.45) is 0 Å². The van der Waals surface area contributed by atoms with Gasteiger partial charge in [0.05, 0.1) is 21.8 Å². The first kappa shape index (κ1) is 13.2. The minimum absolute atomic E-state index is 0.152. The molecule has 0 aromatic heterocycles. The Morgan fingerprint density at radius 1 is 1.50 bits per heavy atom. The molecule has 0 bridgehead atoms. The van der Waals surface area contributed by atoms with Gasteiger partial charge in [-0.25, -0.2) is 0 Å². The molecule has 0 saturated heterocycles. The SMILES string of the molecule is COC[C@@H](O)COc1cc(C#N)ccc1I. The summed E-state index contributed by atoms with van der Waals surface area (Å²) in [6.45, 7) is 0.382. The van der Waals surface area contributed by atoms with E-state index in [2.05, 4.69) is 22.6 Å². The first-order chi connectivity index (χ1) is 7.67. The molecule has 1 atom stereocenters. The Balaban J connectivity index is 2.63. The van der Waals surface area contributed by atoms with Crippen molar-refractivity contribution < 1.29 is 14.6 Å². The van der Waals surface area contributed by atoms with Crippen LogP contribution < -0.4 is 4.74 Å². The summed E-state index contributed by atoms with van der Waals surface area (Å²) in [6, 6.07) is 7.22. The standard InChI is InChI=1S/C11H12INO3/c1-15-6-9(14)7-16-11-4-8(5-13)2-3-10(11)12/h2-4,9,14H,6-7H2,1H3/t9-/m1/s1. The van der Waals surface area contributed by atoms with Crippen molar-refractivity contribution in [3.63, 3.8) is 0 Å². The zero-order valence-electron chi connectivity index (χ0n) is 8.81. The lowest BCUT2D eigenvalue weighted by Crippen LogP contribution is -2.22. The first-order valence-corrected chi connectivity index (χ1v) is 5.74. The second-order valence-electron chi connectivity index (χ2n) is 3.18. The Bertz CT molecular complexity index is 389. The maximum Gasteiger partial charge on any atom is 0.134 e. The molecule has 4 nitrogen and oxygen atoms in total. The number of benzene rings is 1. The van der Waals surface area contributed by atoms with Gasteiger partial charge in [-0.2, -0.15) is 5.26 Å². The molecule has 86 valence electrons. The third-order valence-corrected chi connectivity index (χ3v) is 2.74. The molecule has 0 amide bonds. The number of methoxy groups -OCH3 is 1. The van der Waals surface area contributed by atoms with Crippen LogP contribution in [0, 0.1) is 14.9 Å². The van der Waals surface area contributed by atoms with E-state index in [0.717, 1.165) is 3.57 Å². The van der Waals surface area contributed by atoms with Gasteiger partial charge in [-0.15, -0.1) is 0 Å². The van der Waals surface area contributed by atoms with E-state index < -0.39 is 6.10 Å². The van der Waals surface area contributed by atoms with Crippen LogP contribution in [0.1, 0.15) is 5.56 Å². The summed E-state index contributed by atoms with van der Waals surface area (Å²) >= 11 is 2.11. The summed E-state index contributed by atoms with van der Waals surface area (Å²) in [5.41, 5.74) is 0.539. The summed E-state index contributed by atoms with van der Waals surface area (Å²) in [5, 5.41) is 18.1. The highest BCUT2D eigenvalue weighted by Crippen LogP contribution is 2.22. The predicted octanol–water partition coefficient (Wildman–Crippen LogP) is 1.55. The van der Waals surface area contributed by atoms with E-state index in [9.17, 15) is 5.11 Å². The molecular weight excluding hydrogens is 321 g/mol. The molecule has 0 aliphatic rings. The molecular formula is C11H12INO3. The number of hydrogen-bond acceptors (Lipinski definition) is 4. The quantitative estimate of drug-likeness (QED) is 0.831. The summed E-state index contributed by atoms with van der Waals surface area (Å²) in [7, 11) is 1.52. The van der Waals surface area contributed by atoms with Crippen LogP contribution in [-0.4, -0.2) is 31.5 Å². The van der Waals surface area contributed by atoms with Crippen molar-refractivity contribution in [2.45, 2.75) is 6.10 Å². The lowest BCUT2D eigenvalue weighted by molar-refractivity contribution is 0.0323. The molecule has 1 aromatic rings. The number of rotatable bonds is 5. The molecule has 0 radical (unpaired) electrons. The second-order valence-corrected chi connectivity index (χ2v) is 4.34. The third kappa shape index (κ3) is 3.96. The molecule has 16 heavy (non-hydrogen) atoms. The Kier molecular flexibility index (Phi) is 5.52. The summed E-state index contributed by atoms with van der Waals surface area (Å²) in [5.74, 6) is 0.606. The lowest BCUT2D eigenvalue weighted by atomic mass is 10.2. The highest BCUT2D eigenvalue weighted by molar-refractivity contribution is 14.1. The molecule has 0 spiro atoms. The van der Waals surface area contributed by atoms with Crippen LogP contribution >= 0.6 is 22.6 Å². The fourth-order valence-corrected chi connectivity index (χ4v) is 1.60. The molecule has 1 N–H and O–H groups in total. The number of halogens is 1. The Labute approximate surface area is 108 Å². The van der Waals surface area contributed by atoms with Gasteiger partial charge in [0.2, 0.25) is 0 Å². The third-order valence-electron chi connectivity index (χ3n) is 1.85. The number of aliphatic hydroxyl groups is 1. The van der Waals surface area contributed by atoms with Gasteiger partial charge in [-0.3, -0.25) is 0 Å². The smallest absolute Gasteiger partial charge is 0.134 e. The first-order valence-electron chi connectivity index (χ1n) is 4.67. The van der Waals surface area contributed by atoms with Crippen molar-refractivity contribution in [1.82, 2.24) is 0 Å². The molecule has 0 aliphatic carbocycles. The number of nitriles is 1. The average Bonchev–Trinajstić information content (AvgIpc) is 2.28. The van der Waals surface area contributed by atoms with Gasteiger partial charge in [0.1, 0.15) is 18.5 Å². The number of hydrogen-bond donors (Lipinski definition) is 1.